The minimum atomic E-state index is -0.656. The summed E-state index contributed by atoms with van der Waals surface area (Å²) < 4.78 is 8.33. The summed E-state index contributed by atoms with van der Waals surface area (Å²) in [6.07, 6.45) is -0.500. The Kier molecular flexibility index (Phi) is 35.0. The van der Waals surface area contributed by atoms with E-state index >= 15 is 0 Å². The summed E-state index contributed by atoms with van der Waals surface area (Å²) in [6.45, 7) is 12.4. The van der Waals surface area contributed by atoms with E-state index in [0.29, 0.717) is 39.4 Å². The molecule has 4 N–H and O–H groups in total. The number of aliphatic hydroxyl groups is 4. The molecule has 176 valence electrons. The molecule has 0 rings (SSSR count). The van der Waals surface area contributed by atoms with E-state index in [0.717, 1.165) is 0 Å². The summed E-state index contributed by atoms with van der Waals surface area (Å²) in [6, 6.07) is 0. The van der Waals surface area contributed by atoms with Gasteiger partial charge >= 0.3 is 23.2 Å². The second kappa shape index (κ2) is 25.2. The van der Waals surface area contributed by atoms with Crippen LogP contribution < -0.4 is 0 Å². The minimum absolute atomic E-state index is 0.167. The standard InChI is InChI=1S/C10H25N3O.3C3H8O.O.W/c1-11(2)7-10(14,8-12(3)4)9-13(5)6;3*1-3(2)4;;/h14H,7-9H2,1-6H3;3*3-4H,1-2H3;;. The van der Waals surface area contributed by atoms with E-state index in [9.17, 15) is 5.11 Å². The molecular weight excluding hydrogens is 534 g/mol. The molecule has 0 atom stereocenters. The Morgan fingerprint density at radius 1 is 0.607 bits per heavy atom. The third kappa shape index (κ3) is 72.0. The second-order valence-corrected chi connectivity index (χ2v) is 8.22. The van der Waals surface area contributed by atoms with E-state index in [4.69, 9.17) is 18.7 Å². The fraction of sp³-hybridized carbons (Fsp3) is 1.00. The van der Waals surface area contributed by atoms with Crippen molar-refractivity contribution in [2.45, 2.75) is 65.5 Å². The molecular formula is C19H49N3O5W. The molecule has 0 aromatic heterocycles. The van der Waals surface area contributed by atoms with Gasteiger partial charge in [-0.25, -0.2) is 0 Å². The zero-order valence-electron chi connectivity index (χ0n) is 20.3. The summed E-state index contributed by atoms with van der Waals surface area (Å²) >= 11 is 0.333. The molecule has 0 unspecified atom stereocenters. The van der Waals surface area contributed by atoms with Crippen LogP contribution in [-0.2, 0) is 23.2 Å². The number of hydrogen-bond donors (Lipinski definition) is 4. The monoisotopic (exact) mass is 583 g/mol. The van der Waals surface area contributed by atoms with Crippen LogP contribution in [0.15, 0.2) is 0 Å². The Labute approximate surface area is 185 Å². The molecule has 0 heterocycles. The van der Waals surface area contributed by atoms with E-state index in [-0.39, 0.29) is 18.3 Å². The van der Waals surface area contributed by atoms with Crippen LogP contribution in [0.3, 0.4) is 0 Å². The first-order valence-corrected chi connectivity index (χ1v) is 10.5. The molecule has 28 heavy (non-hydrogen) atoms. The Balaban J connectivity index is -0.000000103. The molecule has 0 bridgehead atoms. The van der Waals surface area contributed by atoms with E-state index in [1.807, 2.05) is 57.0 Å². The molecule has 0 aliphatic rings. The van der Waals surface area contributed by atoms with Crippen molar-refractivity contribution >= 4 is 0 Å². The molecule has 0 fully saturated rings. The summed E-state index contributed by atoms with van der Waals surface area (Å²) in [5.41, 5.74) is -0.656. The third-order valence-corrected chi connectivity index (χ3v) is 1.83. The number of hydrogen-bond acceptors (Lipinski definition) is 8. The Morgan fingerprint density at radius 3 is 0.786 bits per heavy atom. The molecule has 0 aromatic rings. The van der Waals surface area contributed by atoms with Gasteiger partial charge in [-0.15, -0.1) is 0 Å². The van der Waals surface area contributed by atoms with Gasteiger partial charge in [0, 0.05) is 37.9 Å². The summed E-state index contributed by atoms with van der Waals surface area (Å²) in [5.74, 6) is 0. The average molecular weight is 583 g/mol. The van der Waals surface area contributed by atoms with Crippen LogP contribution in [0, 0.1) is 0 Å². The van der Waals surface area contributed by atoms with Crippen molar-refractivity contribution in [1.29, 1.82) is 0 Å². The van der Waals surface area contributed by atoms with Crippen molar-refractivity contribution in [3.8, 4) is 0 Å². The molecule has 0 saturated heterocycles. The van der Waals surface area contributed by atoms with Crippen LogP contribution in [0.25, 0.3) is 0 Å². The van der Waals surface area contributed by atoms with Gasteiger partial charge in [-0.05, 0) is 83.8 Å². The summed E-state index contributed by atoms with van der Waals surface area (Å²) in [5, 5.41) is 34.6. The maximum atomic E-state index is 10.4. The van der Waals surface area contributed by atoms with Gasteiger partial charge in [0.05, 0.1) is 0 Å². The van der Waals surface area contributed by atoms with Crippen LogP contribution in [0.4, 0.5) is 0 Å². The molecule has 0 amide bonds. The van der Waals surface area contributed by atoms with Gasteiger partial charge in [0.1, 0.15) is 5.60 Å². The van der Waals surface area contributed by atoms with Gasteiger partial charge in [-0.2, -0.15) is 0 Å². The molecule has 8 nitrogen and oxygen atoms in total. The zero-order valence-corrected chi connectivity index (χ0v) is 23.2. The van der Waals surface area contributed by atoms with E-state index in [2.05, 4.69) is 0 Å². The van der Waals surface area contributed by atoms with Gasteiger partial charge < -0.3 is 35.1 Å². The first kappa shape index (κ1) is 38.8. The number of aliphatic hydroxyl groups excluding tert-OH is 3. The first-order valence-electron chi connectivity index (χ1n) is 9.32. The fourth-order valence-electron chi connectivity index (χ4n) is 1.92. The fourth-order valence-corrected chi connectivity index (χ4v) is 1.92. The zero-order chi connectivity index (χ0) is 24.1. The van der Waals surface area contributed by atoms with Gasteiger partial charge in [0.15, 0.2) is 0 Å². The molecule has 9 heteroatoms. The average Bonchev–Trinajstić information content (AvgIpc) is 2.34. The van der Waals surface area contributed by atoms with Crippen LogP contribution in [0.1, 0.15) is 41.5 Å². The van der Waals surface area contributed by atoms with Crippen LogP contribution in [0.5, 0.6) is 0 Å². The van der Waals surface area contributed by atoms with E-state index in [1.165, 1.54) is 0 Å². The third-order valence-electron chi connectivity index (χ3n) is 1.83. The second-order valence-electron chi connectivity index (χ2n) is 8.22. The number of nitrogens with zero attached hydrogens (tertiary/aromatic N) is 3. The molecule has 0 aromatic carbocycles. The van der Waals surface area contributed by atoms with E-state index in [1.54, 1.807) is 41.5 Å². The van der Waals surface area contributed by atoms with Crippen LogP contribution in [0.2, 0.25) is 0 Å². The van der Waals surface area contributed by atoms with Crippen LogP contribution in [-0.4, -0.2) is 121 Å². The van der Waals surface area contributed by atoms with Crippen LogP contribution >= 0.6 is 0 Å². The normalized spacial score (nSPS) is 10.6. The molecule has 0 radical (unpaired) electrons. The summed E-state index contributed by atoms with van der Waals surface area (Å²) in [4.78, 5) is 6.06. The summed E-state index contributed by atoms with van der Waals surface area (Å²) in [7, 11) is 11.9. The first-order chi connectivity index (χ1) is 12.4. The van der Waals surface area contributed by atoms with Crippen molar-refractivity contribution in [1.82, 2.24) is 14.7 Å². The SMILES string of the molecule is CC(C)O.CC(C)O.CC(C)O.CN(C)CC(O)(CN(C)C)CN(C)C.[O]=[W]. The van der Waals surface area contributed by atoms with Gasteiger partial charge in [0.2, 0.25) is 0 Å². The Hall–Kier alpha value is 0.208. The molecule has 0 spiro atoms. The van der Waals surface area contributed by atoms with Crippen molar-refractivity contribution in [3.05, 3.63) is 0 Å². The predicted octanol–water partition coefficient (Wildman–Crippen LogP) is 0.442. The molecule has 0 aliphatic carbocycles. The van der Waals surface area contributed by atoms with Gasteiger partial charge in [-0.3, -0.25) is 0 Å². The van der Waals surface area contributed by atoms with E-state index < -0.39 is 5.60 Å². The number of rotatable bonds is 6. The van der Waals surface area contributed by atoms with Crippen molar-refractivity contribution in [2.75, 3.05) is 61.9 Å². The van der Waals surface area contributed by atoms with Gasteiger partial charge in [0.25, 0.3) is 0 Å². The van der Waals surface area contributed by atoms with Crippen molar-refractivity contribution in [3.63, 3.8) is 0 Å². The topological polar surface area (TPSA) is 108 Å². The Morgan fingerprint density at radius 2 is 0.714 bits per heavy atom. The quantitative estimate of drug-likeness (QED) is 0.357. The molecule has 0 aliphatic heterocycles. The van der Waals surface area contributed by atoms with Crippen molar-refractivity contribution < 1.29 is 43.6 Å². The number of likely N-dealkylation sites (N-methyl/N-ethyl adjacent to an activating group) is 3. The predicted molar refractivity (Wildman–Crippen MR) is 113 cm³/mol. The molecule has 0 saturated carbocycles. The van der Waals surface area contributed by atoms with Gasteiger partial charge in [-0.1, -0.05) is 0 Å². The maximum absolute atomic E-state index is 10.4. The Bertz CT molecular complexity index is 244. The van der Waals surface area contributed by atoms with Crippen molar-refractivity contribution in [2.24, 2.45) is 0 Å².